The van der Waals surface area contributed by atoms with Gasteiger partial charge in [0.2, 0.25) is 0 Å². The Labute approximate surface area is 107 Å². The Hall–Kier alpha value is -1.76. The Morgan fingerprint density at radius 3 is 2.72 bits per heavy atom. The third-order valence-corrected chi connectivity index (χ3v) is 2.79. The second-order valence-corrected chi connectivity index (χ2v) is 5.52. The summed E-state index contributed by atoms with van der Waals surface area (Å²) in [5, 5.41) is 0. The van der Waals surface area contributed by atoms with E-state index in [2.05, 4.69) is 9.71 Å². The van der Waals surface area contributed by atoms with Crippen LogP contribution in [0.3, 0.4) is 0 Å². The van der Waals surface area contributed by atoms with Crippen LogP contribution in [-0.4, -0.2) is 34.3 Å². The zero-order valence-electron chi connectivity index (χ0n) is 10.4. The fraction of sp³-hybridized carbons (Fsp3) is 0.364. The smallest absolute Gasteiger partial charge is 0.356 e. The molecule has 0 radical (unpaired) electrons. The summed E-state index contributed by atoms with van der Waals surface area (Å²) in [6.07, 6.45) is 1.72. The van der Waals surface area contributed by atoms with Crippen LogP contribution in [0.4, 0.5) is 0 Å². The highest BCUT2D eigenvalue weighted by Gasteiger charge is 2.08. The van der Waals surface area contributed by atoms with E-state index in [1.54, 1.807) is 7.11 Å². The van der Waals surface area contributed by atoms with E-state index < -0.39 is 10.0 Å². The van der Waals surface area contributed by atoms with Gasteiger partial charge >= 0.3 is 5.96 Å². The van der Waals surface area contributed by atoms with E-state index in [1.165, 1.54) is 0 Å². The SMILES string of the molecule is COc1ccccc1CC[NH+]=C(N)NS(C)(=O)=O. The molecule has 0 heterocycles. The van der Waals surface area contributed by atoms with Crippen LogP contribution in [0.25, 0.3) is 0 Å². The molecule has 4 N–H and O–H groups in total. The number of sulfonamides is 1. The lowest BCUT2D eigenvalue weighted by Gasteiger charge is -2.05. The van der Waals surface area contributed by atoms with Crippen molar-refractivity contribution in [2.75, 3.05) is 19.9 Å². The molecule has 1 aromatic carbocycles. The number of benzene rings is 1. The van der Waals surface area contributed by atoms with Gasteiger partial charge in [0.1, 0.15) is 5.75 Å². The minimum atomic E-state index is -3.33. The van der Waals surface area contributed by atoms with Gasteiger partial charge in [0.05, 0.1) is 19.9 Å². The summed E-state index contributed by atoms with van der Waals surface area (Å²) in [5.74, 6) is 0.821. The highest BCUT2D eigenvalue weighted by molar-refractivity contribution is 7.89. The molecule has 0 saturated carbocycles. The van der Waals surface area contributed by atoms with Crippen LogP contribution < -0.4 is 20.2 Å². The van der Waals surface area contributed by atoms with Crippen molar-refractivity contribution in [3.8, 4) is 5.75 Å². The first kappa shape index (κ1) is 14.3. The molecule has 0 spiro atoms. The van der Waals surface area contributed by atoms with Crippen LogP contribution in [0.2, 0.25) is 0 Å². The number of rotatable bonds is 5. The molecule has 0 atom stereocenters. The molecule has 1 aromatic rings. The lowest BCUT2D eigenvalue weighted by atomic mass is 10.1. The number of hydrogen-bond acceptors (Lipinski definition) is 3. The highest BCUT2D eigenvalue weighted by atomic mass is 32.2. The third-order valence-electron chi connectivity index (χ3n) is 2.20. The second kappa shape index (κ2) is 6.25. The predicted molar refractivity (Wildman–Crippen MR) is 69.7 cm³/mol. The van der Waals surface area contributed by atoms with E-state index in [9.17, 15) is 8.42 Å². The van der Waals surface area contributed by atoms with Gasteiger partial charge in [-0.1, -0.05) is 18.2 Å². The first-order valence-corrected chi connectivity index (χ1v) is 7.27. The maximum Gasteiger partial charge on any atom is 0.356 e. The molecule has 1 rings (SSSR count). The predicted octanol–water partition coefficient (Wildman–Crippen LogP) is -1.82. The average Bonchev–Trinajstić information content (AvgIpc) is 2.27. The Kier molecular flexibility index (Phi) is 4.96. The van der Waals surface area contributed by atoms with Crippen molar-refractivity contribution < 1.29 is 18.1 Å². The molecule has 0 saturated heterocycles. The van der Waals surface area contributed by atoms with Crippen molar-refractivity contribution in [3.63, 3.8) is 0 Å². The number of ether oxygens (including phenoxy) is 1. The molecular formula is C11H18N3O3S+. The summed E-state index contributed by atoms with van der Waals surface area (Å²) in [6, 6.07) is 7.62. The van der Waals surface area contributed by atoms with Gasteiger partial charge in [0.15, 0.2) is 0 Å². The molecule has 0 aliphatic rings. The maximum atomic E-state index is 10.9. The van der Waals surface area contributed by atoms with Gasteiger partial charge in [-0.15, -0.1) is 0 Å². The van der Waals surface area contributed by atoms with Gasteiger partial charge in [0.25, 0.3) is 10.0 Å². The Bertz CT molecular complexity index is 526. The Morgan fingerprint density at radius 1 is 1.44 bits per heavy atom. The minimum Gasteiger partial charge on any atom is -0.496 e. The number of guanidine groups is 1. The molecule has 0 aliphatic carbocycles. The minimum absolute atomic E-state index is 0.0207. The molecular weight excluding hydrogens is 254 g/mol. The van der Waals surface area contributed by atoms with E-state index in [0.717, 1.165) is 17.6 Å². The Morgan fingerprint density at radius 2 is 2.11 bits per heavy atom. The fourth-order valence-electron chi connectivity index (χ4n) is 1.48. The lowest BCUT2D eigenvalue weighted by Crippen LogP contribution is -2.79. The summed E-state index contributed by atoms with van der Waals surface area (Å²) >= 11 is 0. The zero-order chi connectivity index (χ0) is 13.6. The van der Waals surface area contributed by atoms with Crippen LogP contribution in [0.15, 0.2) is 24.3 Å². The van der Waals surface area contributed by atoms with E-state index >= 15 is 0 Å². The van der Waals surface area contributed by atoms with Crippen LogP contribution in [-0.2, 0) is 16.4 Å². The van der Waals surface area contributed by atoms with Crippen molar-refractivity contribution in [2.24, 2.45) is 5.73 Å². The van der Waals surface area contributed by atoms with Crippen molar-refractivity contribution in [3.05, 3.63) is 29.8 Å². The van der Waals surface area contributed by atoms with Gasteiger partial charge < -0.3 is 4.74 Å². The number of hydrogen-bond donors (Lipinski definition) is 3. The van der Waals surface area contributed by atoms with Crippen LogP contribution in [0, 0.1) is 0 Å². The van der Waals surface area contributed by atoms with E-state index in [4.69, 9.17) is 10.5 Å². The van der Waals surface area contributed by atoms with Crippen molar-refractivity contribution in [1.29, 1.82) is 0 Å². The average molecular weight is 272 g/mol. The summed E-state index contributed by atoms with van der Waals surface area (Å²) in [4.78, 5) is 2.79. The number of nitrogens with two attached hydrogens (primary N) is 1. The molecule has 18 heavy (non-hydrogen) atoms. The molecule has 0 bridgehead atoms. The maximum absolute atomic E-state index is 10.9. The summed E-state index contributed by atoms with van der Waals surface area (Å²) in [6.45, 7) is 0.509. The molecule has 0 unspecified atom stereocenters. The molecule has 0 aliphatic heterocycles. The monoisotopic (exact) mass is 272 g/mol. The summed E-state index contributed by atoms with van der Waals surface area (Å²) in [7, 11) is -1.72. The number of para-hydroxylation sites is 1. The Balaban J connectivity index is 2.58. The van der Waals surface area contributed by atoms with Crippen molar-refractivity contribution in [2.45, 2.75) is 6.42 Å². The molecule has 7 heteroatoms. The van der Waals surface area contributed by atoms with Crippen molar-refractivity contribution >= 4 is 16.0 Å². The number of methoxy groups -OCH3 is 1. The number of nitrogens with one attached hydrogen (secondary N) is 2. The molecule has 100 valence electrons. The van der Waals surface area contributed by atoms with Crippen molar-refractivity contribution in [1.82, 2.24) is 4.72 Å². The quantitative estimate of drug-likeness (QED) is 0.434. The van der Waals surface area contributed by atoms with Crippen LogP contribution >= 0.6 is 0 Å². The fourth-order valence-corrected chi connectivity index (χ4v) is 1.95. The van der Waals surface area contributed by atoms with Gasteiger partial charge in [-0.2, -0.15) is 13.1 Å². The lowest BCUT2D eigenvalue weighted by molar-refractivity contribution is -0.459. The van der Waals surface area contributed by atoms with Gasteiger partial charge in [-0.25, -0.2) is 0 Å². The third kappa shape index (κ3) is 5.05. The first-order valence-electron chi connectivity index (χ1n) is 5.38. The van der Waals surface area contributed by atoms with Gasteiger partial charge in [0, 0.05) is 6.42 Å². The van der Waals surface area contributed by atoms with E-state index in [1.807, 2.05) is 24.3 Å². The topological polar surface area (TPSA) is 95.4 Å². The van der Waals surface area contributed by atoms with Crippen LogP contribution in [0.1, 0.15) is 5.56 Å². The summed E-state index contributed by atoms with van der Waals surface area (Å²) < 4.78 is 29.2. The second-order valence-electron chi connectivity index (χ2n) is 3.78. The largest absolute Gasteiger partial charge is 0.496 e. The molecule has 0 amide bonds. The normalized spacial score (nSPS) is 12.2. The van der Waals surface area contributed by atoms with Gasteiger partial charge in [-0.05, 0) is 11.6 Å². The zero-order valence-corrected chi connectivity index (χ0v) is 11.3. The molecule has 0 fully saturated rings. The molecule has 0 aromatic heterocycles. The van der Waals surface area contributed by atoms with Crippen LogP contribution in [0.5, 0.6) is 5.75 Å². The van der Waals surface area contributed by atoms with E-state index in [0.29, 0.717) is 13.0 Å². The first-order chi connectivity index (χ1) is 8.42. The standard InChI is InChI=1S/C11H17N3O3S/c1-17-10-6-4-3-5-9(10)7-8-13-11(12)14-18(2,15)16/h3-6H,7-8H2,1-2H3,(H3,12,13,14)/p+1. The highest BCUT2D eigenvalue weighted by Crippen LogP contribution is 2.16. The van der Waals surface area contributed by atoms with Gasteiger partial charge in [-0.3, -0.25) is 10.7 Å². The summed E-state index contributed by atoms with van der Waals surface area (Å²) in [5.41, 5.74) is 6.51. The van der Waals surface area contributed by atoms with E-state index in [-0.39, 0.29) is 5.96 Å². The molecule has 6 nitrogen and oxygen atoms in total.